The van der Waals surface area contributed by atoms with Gasteiger partial charge in [0.1, 0.15) is 5.82 Å². The van der Waals surface area contributed by atoms with Crippen LogP contribution in [-0.4, -0.2) is 12.1 Å². The van der Waals surface area contributed by atoms with Crippen LogP contribution in [-0.2, 0) is 6.18 Å². The molecule has 0 unspecified atom stereocenters. The molecule has 4 nitrogen and oxygen atoms in total. The number of pyridine rings is 1. The highest BCUT2D eigenvalue weighted by molar-refractivity contribution is 5.62. The molecular weight excluding hydrogens is 283 g/mol. The van der Waals surface area contributed by atoms with E-state index in [0.717, 1.165) is 6.07 Å². The molecule has 0 bridgehead atoms. The van der Waals surface area contributed by atoms with E-state index < -0.39 is 11.7 Å². The first-order valence-electron chi connectivity index (χ1n) is 6.06. The molecule has 0 radical (unpaired) electrons. The van der Waals surface area contributed by atoms with Gasteiger partial charge >= 0.3 is 6.18 Å². The van der Waals surface area contributed by atoms with Gasteiger partial charge in [-0.25, -0.2) is 0 Å². The van der Waals surface area contributed by atoms with Crippen LogP contribution >= 0.6 is 0 Å². The van der Waals surface area contributed by atoms with Gasteiger partial charge < -0.3 is 15.8 Å². The number of hydrogen-bond acceptors (Lipinski definition) is 4. The largest absolute Gasteiger partial charge is 0.479 e. The molecule has 0 amide bonds. The summed E-state index contributed by atoms with van der Waals surface area (Å²) in [6, 6.07) is 7.12. The Kier molecular flexibility index (Phi) is 3.93. The Labute approximate surface area is 119 Å². The van der Waals surface area contributed by atoms with Crippen molar-refractivity contribution >= 4 is 17.2 Å². The Morgan fingerprint density at radius 2 is 1.90 bits per heavy atom. The van der Waals surface area contributed by atoms with Crippen molar-refractivity contribution in [1.29, 1.82) is 0 Å². The molecule has 0 aliphatic rings. The Morgan fingerprint density at radius 1 is 1.19 bits per heavy atom. The van der Waals surface area contributed by atoms with Crippen LogP contribution in [0.1, 0.15) is 11.1 Å². The highest BCUT2D eigenvalue weighted by Crippen LogP contribution is 2.34. The SMILES string of the molecule is COc1nc(Nc2ccc(C)c(C(F)(F)F)c2)ccc1N. The fourth-order valence-corrected chi connectivity index (χ4v) is 1.84. The molecule has 3 N–H and O–H groups in total. The van der Waals surface area contributed by atoms with Crippen molar-refractivity contribution in [3.05, 3.63) is 41.5 Å². The van der Waals surface area contributed by atoms with E-state index in [1.165, 1.54) is 20.1 Å². The molecule has 0 atom stereocenters. The van der Waals surface area contributed by atoms with Gasteiger partial charge in [-0.2, -0.15) is 18.2 Å². The maximum atomic E-state index is 12.9. The first kappa shape index (κ1) is 15.0. The number of nitrogens with zero attached hydrogens (tertiary/aromatic N) is 1. The van der Waals surface area contributed by atoms with E-state index in [9.17, 15) is 13.2 Å². The number of nitrogen functional groups attached to an aromatic ring is 1. The maximum absolute atomic E-state index is 12.9. The monoisotopic (exact) mass is 297 g/mol. The van der Waals surface area contributed by atoms with Crippen molar-refractivity contribution in [1.82, 2.24) is 4.98 Å². The number of aryl methyl sites for hydroxylation is 1. The first-order valence-corrected chi connectivity index (χ1v) is 6.06. The third-order valence-corrected chi connectivity index (χ3v) is 2.90. The quantitative estimate of drug-likeness (QED) is 0.906. The molecule has 7 heteroatoms. The summed E-state index contributed by atoms with van der Waals surface area (Å²) in [6.45, 7) is 1.41. The minimum absolute atomic E-state index is 0.163. The van der Waals surface area contributed by atoms with Gasteiger partial charge in [-0.1, -0.05) is 6.07 Å². The average Bonchev–Trinajstić information content (AvgIpc) is 2.42. The second-order valence-corrected chi connectivity index (χ2v) is 4.45. The van der Waals surface area contributed by atoms with Gasteiger partial charge in [0.15, 0.2) is 0 Å². The fourth-order valence-electron chi connectivity index (χ4n) is 1.84. The number of rotatable bonds is 3. The number of benzene rings is 1. The van der Waals surface area contributed by atoms with E-state index in [1.54, 1.807) is 18.2 Å². The number of alkyl halides is 3. The molecule has 0 saturated carbocycles. The molecule has 2 rings (SSSR count). The van der Waals surface area contributed by atoms with Crippen LogP contribution < -0.4 is 15.8 Å². The number of nitrogens with one attached hydrogen (secondary N) is 1. The summed E-state index contributed by atoms with van der Waals surface area (Å²) in [6.07, 6.45) is -4.39. The average molecular weight is 297 g/mol. The van der Waals surface area contributed by atoms with Crippen LogP contribution in [0.2, 0.25) is 0 Å². The Bertz CT molecular complexity index is 656. The summed E-state index contributed by atoms with van der Waals surface area (Å²) < 4.78 is 43.5. The molecule has 1 aromatic heterocycles. The van der Waals surface area contributed by atoms with Gasteiger partial charge in [-0.3, -0.25) is 0 Å². The number of nitrogens with two attached hydrogens (primary N) is 1. The van der Waals surface area contributed by atoms with E-state index in [0.29, 0.717) is 11.5 Å². The van der Waals surface area contributed by atoms with Crippen LogP contribution in [0.4, 0.5) is 30.4 Å². The topological polar surface area (TPSA) is 60.2 Å². The zero-order valence-electron chi connectivity index (χ0n) is 11.5. The van der Waals surface area contributed by atoms with Gasteiger partial charge in [0.25, 0.3) is 0 Å². The molecular formula is C14H14F3N3O. The number of aromatic nitrogens is 1. The van der Waals surface area contributed by atoms with Gasteiger partial charge in [-0.05, 0) is 36.8 Å². The third-order valence-electron chi connectivity index (χ3n) is 2.90. The summed E-state index contributed by atoms with van der Waals surface area (Å²) in [4.78, 5) is 4.06. The zero-order chi connectivity index (χ0) is 15.6. The van der Waals surface area contributed by atoms with Crippen LogP contribution in [0.3, 0.4) is 0 Å². The second kappa shape index (κ2) is 5.51. The molecule has 2 aromatic rings. The highest BCUT2D eigenvalue weighted by Gasteiger charge is 2.32. The van der Waals surface area contributed by atoms with Gasteiger partial charge in [0, 0.05) is 5.69 Å². The second-order valence-electron chi connectivity index (χ2n) is 4.45. The van der Waals surface area contributed by atoms with Crippen LogP contribution in [0.25, 0.3) is 0 Å². The summed E-state index contributed by atoms with van der Waals surface area (Å²) in [7, 11) is 1.41. The van der Waals surface area contributed by atoms with Crippen molar-refractivity contribution in [3.8, 4) is 5.88 Å². The fraction of sp³-hybridized carbons (Fsp3) is 0.214. The molecule has 1 aromatic carbocycles. The predicted octanol–water partition coefficient (Wildman–Crippen LogP) is 3.74. The number of ether oxygens (including phenoxy) is 1. The van der Waals surface area contributed by atoms with E-state index in [4.69, 9.17) is 10.5 Å². The van der Waals surface area contributed by atoms with Crippen molar-refractivity contribution in [2.45, 2.75) is 13.1 Å². The van der Waals surface area contributed by atoms with Crippen molar-refractivity contribution in [2.75, 3.05) is 18.2 Å². The molecule has 0 aliphatic heterocycles. The van der Waals surface area contributed by atoms with Crippen LogP contribution in [0.5, 0.6) is 5.88 Å². The van der Waals surface area contributed by atoms with Crippen LogP contribution in [0, 0.1) is 6.92 Å². The maximum Gasteiger partial charge on any atom is 0.416 e. The normalized spacial score (nSPS) is 11.3. The third kappa shape index (κ3) is 3.36. The molecule has 0 fully saturated rings. The Morgan fingerprint density at radius 3 is 2.52 bits per heavy atom. The van der Waals surface area contributed by atoms with Gasteiger partial charge in [0.2, 0.25) is 5.88 Å². The van der Waals surface area contributed by atoms with Gasteiger partial charge in [-0.15, -0.1) is 0 Å². The molecule has 0 aliphatic carbocycles. The van der Waals surface area contributed by atoms with E-state index in [2.05, 4.69) is 10.3 Å². The van der Waals surface area contributed by atoms with E-state index in [1.807, 2.05) is 0 Å². The zero-order valence-corrected chi connectivity index (χ0v) is 11.5. The summed E-state index contributed by atoms with van der Waals surface area (Å²) in [5.74, 6) is 0.557. The standard InChI is InChI=1S/C14H14F3N3O/c1-8-3-4-9(7-10(8)14(15,16)17)19-12-6-5-11(18)13(20-12)21-2/h3-7H,18H2,1-2H3,(H,19,20). The summed E-state index contributed by atoms with van der Waals surface area (Å²) in [5, 5.41) is 2.80. The Hall–Kier alpha value is -2.44. The summed E-state index contributed by atoms with van der Waals surface area (Å²) >= 11 is 0. The lowest BCUT2D eigenvalue weighted by Crippen LogP contribution is -2.08. The smallest absolute Gasteiger partial charge is 0.416 e. The minimum atomic E-state index is -4.39. The lowest BCUT2D eigenvalue weighted by atomic mass is 10.1. The molecule has 21 heavy (non-hydrogen) atoms. The minimum Gasteiger partial charge on any atom is -0.479 e. The van der Waals surface area contributed by atoms with Gasteiger partial charge in [0.05, 0.1) is 18.4 Å². The number of anilines is 3. The van der Waals surface area contributed by atoms with Crippen molar-refractivity contribution in [2.24, 2.45) is 0 Å². The highest BCUT2D eigenvalue weighted by atomic mass is 19.4. The summed E-state index contributed by atoms with van der Waals surface area (Å²) in [5.41, 5.74) is 5.74. The predicted molar refractivity (Wildman–Crippen MR) is 74.7 cm³/mol. The number of halogens is 3. The number of hydrogen-bond donors (Lipinski definition) is 2. The Balaban J connectivity index is 2.32. The lowest BCUT2D eigenvalue weighted by molar-refractivity contribution is -0.138. The van der Waals surface area contributed by atoms with E-state index in [-0.39, 0.29) is 17.1 Å². The van der Waals surface area contributed by atoms with Crippen molar-refractivity contribution < 1.29 is 17.9 Å². The lowest BCUT2D eigenvalue weighted by Gasteiger charge is -2.13. The van der Waals surface area contributed by atoms with Crippen LogP contribution in [0.15, 0.2) is 30.3 Å². The molecule has 112 valence electrons. The first-order chi connectivity index (χ1) is 9.81. The number of methoxy groups -OCH3 is 1. The molecule has 0 spiro atoms. The molecule has 0 saturated heterocycles. The van der Waals surface area contributed by atoms with E-state index >= 15 is 0 Å². The molecule has 1 heterocycles. The van der Waals surface area contributed by atoms with Crippen molar-refractivity contribution in [3.63, 3.8) is 0 Å².